The third-order valence-electron chi connectivity index (χ3n) is 4.77. The van der Waals surface area contributed by atoms with Gasteiger partial charge in [-0.05, 0) is 50.0 Å². The van der Waals surface area contributed by atoms with Crippen LogP contribution in [0.4, 0.5) is 4.79 Å². The maximum atomic E-state index is 12.3. The fraction of sp³-hybridized carbons (Fsp3) is 0.632. The predicted molar refractivity (Wildman–Crippen MR) is 95.2 cm³/mol. The van der Waals surface area contributed by atoms with Crippen molar-refractivity contribution in [2.75, 3.05) is 32.8 Å². The minimum absolute atomic E-state index is 0.00901. The number of hydrogen-bond acceptors (Lipinski definition) is 3. The summed E-state index contributed by atoms with van der Waals surface area (Å²) in [6.07, 6.45) is 4.92. The lowest BCUT2D eigenvalue weighted by molar-refractivity contribution is 0.187. The summed E-state index contributed by atoms with van der Waals surface area (Å²) in [4.78, 5) is 16.6. The van der Waals surface area contributed by atoms with E-state index in [4.69, 9.17) is 4.74 Å². The van der Waals surface area contributed by atoms with Crippen LogP contribution in [0.3, 0.4) is 0 Å². The minimum atomic E-state index is 0.00901. The Balaban J connectivity index is 1.67. The molecule has 0 aromatic heterocycles. The number of nitrogens with zero attached hydrogens (tertiary/aromatic N) is 2. The van der Waals surface area contributed by atoms with E-state index < -0.39 is 0 Å². The highest BCUT2D eigenvalue weighted by Crippen LogP contribution is 2.25. The number of amides is 2. The lowest BCUT2D eigenvalue weighted by Gasteiger charge is -2.26. The molecule has 2 aliphatic rings. The first-order valence-corrected chi connectivity index (χ1v) is 9.26. The van der Waals surface area contributed by atoms with Crippen LogP contribution in [0, 0.1) is 0 Å². The molecule has 5 heteroatoms. The SMILES string of the molecule is CCCNC(=O)N1CCOc2ccc(CN3CCCCC3)cc2C1. The van der Waals surface area contributed by atoms with Crippen molar-refractivity contribution in [1.82, 2.24) is 15.1 Å². The van der Waals surface area contributed by atoms with Gasteiger partial charge in [-0.2, -0.15) is 0 Å². The van der Waals surface area contributed by atoms with Gasteiger partial charge < -0.3 is 15.0 Å². The Morgan fingerprint density at radius 2 is 2.04 bits per heavy atom. The summed E-state index contributed by atoms with van der Waals surface area (Å²) in [7, 11) is 0. The fourth-order valence-corrected chi connectivity index (χ4v) is 3.44. The number of carbonyl (C=O) groups is 1. The summed E-state index contributed by atoms with van der Waals surface area (Å²) in [6, 6.07) is 6.47. The number of ether oxygens (including phenoxy) is 1. The monoisotopic (exact) mass is 331 g/mol. The minimum Gasteiger partial charge on any atom is -0.491 e. The summed E-state index contributed by atoms with van der Waals surface area (Å²) in [5.41, 5.74) is 2.43. The number of likely N-dealkylation sites (tertiary alicyclic amines) is 1. The number of nitrogens with one attached hydrogen (secondary N) is 1. The second-order valence-electron chi connectivity index (χ2n) is 6.78. The van der Waals surface area contributed by atoms with Gasteiger partial charge in [0, 0.05) is 18.7 Å². The highest BCUT2D eigenvalue weighted by atomic mass is 16.5. The van der Waals surface area contributed by atoms with Crippen LogP contribution in [0.5, 0.6) is 5.75 Å². The Labute approximate surface area is 145 Å². The topological polar surface area (TPSA) is 44.8 Å². The summed E-state index contributed by atoms with van der Waals surface area (Å²) < 4.78 is 5.84. The largest absolute Gasteiger partial charge is 0.491 e. The van der Waals surface area contributed by atoms with Gasteiger partial charge in [-0.3, -0.25) is 4.90 Å². The van der Waals surface area contributed by atoms with E-state index in [0.29, 0.717) is 19.7 Å². The Morgan fingerprint density at radius 1 is 1.21 bits per heavy atom. The van der Waals surface area contributed by atoms with E-state index in [1.807, 2.05) is 4.90 Å². The smallest absolute Gasteiger partial charge is 0.317 e. The maximum Gasteiger partial charge on any atom is 0.317 e. The standard InChI is InChI=1S/C19H29N3O2/c1-2-8-20-19(23)22-11-12-24-18-7-6-16(13-17(18)15-22)14-21-9-4-3-5-10-21/h6-7,13H,2-5,8-12,14-15H2,1H3,(H,20,23). The molecule has 1 aromatic carbocycles. The van der Waals surface area contributed by atoms with Gasteiger partial charge in [0.1, 0.15) is 12.4 Å². The van der Waals surface area contributed by atoms with Crippen molar-refractivity contribution in [2.24, 2.45) is 0 Å². The molecule has 0 bridgehead atoms. The number of benzene rings is 1. The molecule has 0 unspecified atom stereocenters. The Kier molecular flexibility index (Phi) is 5.96. The second-order valence-corrected chi connectivity index (χ2v) is 6.78. The molecule has 0 radical (unpaired) electrons. The van der Waals surface area contributed by atoms with Crippen LogP contribution in [0.2, 0.25) is 0 Å². The molecular weight excluding hydrogens is 302 g/mol. The zero-order valence-electron chi connectivity index (χ0n) is 14.7. The van der Waals surface area contributed by atoms with Crippen LogP contribution in [-0.2, 0) is 13.1 Å². The van der Waals surface area contributed by atoms with Gasteiger partial charge in [-0.25, -0.2) is 4.79 Å². The molecule has 2 amide bonds. The van der Waals surface area contributed by atoms with Gasteiger partial charge in [0.05, 0.1) is 13.1 Å². The van der Waals surface area contributed by atoms with Crippen LogP contribution < -0.4 is 10.1 Å². The van der Waals surface area contributed by atoms with Crippen molar-refractivity contribution in [3.63, 3.8) is 0 Å². The van der Waals surface area contributed by atoms with Crippen molar-refractivity contribution in [1.29, 1.82) is 0 Å². The summed E-state index contributed by atoms with van der Waals surface area (Å²) in [5, 5.41) is 2.96. The van der Waals surface area contributed by atoms with Crippen molar-refractivity contribution < 1.29 is 9.53 Å². The average Bonchev–Trinajstić information content (AvgIpc) is 2.82. The lowest BCUT2D eigenvalue weighted by atomic mass is 10.1. The lowest BCUT2D eigenvalue weighted by Crippen LogP contribution is -2.40. The van der Waals surface area contributed by atoms with Crippen molar-refractivity contribution >= 4 is 6.03 Å². The number of fused-ring (bicyclic) bond motifs is 1. The molecule has 0 atom stereocenters. The fourth-order valence-electron chi connectivity index (χ4n) is 3.44. The molecule has 132 valence electrons. The molecule has 24 heavy (non-hydrogen) atoms. The van der Waals surface area contributed by atoms with Crippen molar-refractivity contribution in [2.45, 2.75) is 45.7 Å². The number of piperidine rings is 1. The van der Waals surface area contributed by atoms with Crippen LogP contribution >= 0.6 is 0 Å². The van der Waals surface area contributed by atoms with Gasteiger partial charge in [-0.15, -0.1) is 0 Å². The first-order chi connectivity index (χ1) is 11.8. The number of hydrogen-bond donors (Lipinski definition) is 1. The molecule has 1 aromatic rings. The Morgan fingerprint density at radius 3 is 2.83 bits per heavy atom. The predicted octanol–water partition coefficient (Wildman–Crippen LogP) is 2.99. The van der Waals surface area contributed by atoms with Gasteiger partial charge in [0.2, 0.25) is 0 Å². The zero-order valence-corrected chi connectivity index (χ0v) is 14.7. The van der Waals surface area contributed by atoms with Gasteiger partial charge in [0.25, 0.3) is 0 Å². The molecule has 1 saturated heterocycles. The molecule has 2 heterocycles. The quantitative estimate of drug-likeness (QED) is 0.922. The van der Waals surface area contributed by atoms with E-state index in [0.717, 1.165) is 30.8 Å². The average molecular weight is 331 g/mol. The van der Waals surface area contributed by atoms with E-state index in [1.165, 1.54) is 37.9 Å². The van der Waals surface area contributed by atoms with E-state index in [2.05, 4.69) is 35.3 Å². The normalized spacial score (nSPS) is 18.5. The van der Waals surface area contributed by atoms with Crippen LogP contribution in [0.25, 0.3) is 0 Å². The first kappa shape index (κ1) is 17.1. The Bertz CT molecular complexity index is 556. The summed E-state index contributed by atoms with van der Waals surface area (Å²) in [5.74, 6) is 0.920. The van der Waals surface area contributed by atoms with Crippen molar-refractivity contribution in [3.8, 4) is 5.75 Å². The van der Waals surface area contributed by atoms with E-state index in [-0.39, 0.29) is 6.03 Å². The molecule has 0 spiro atoms. The second kappa shape index (κ2) is 8.38. The molecule has 1 fully saturated rings. The molecule has 3 rings (SSSR count). The van der Waals surface area contributed by atoms with Gasteiger partial charge >= 0.3 is 6.03 Å². The number of urea groups is 1. The molecule has 1 N–H and O–H groups in total. The van der Waals surface area contributed by atoms with Crippen LogP contribution in [0.1, 0.15) is 43.7 Å². The number of rotatable bonds is 4. The highest BCUT2D eigenvalue weighted by molar-refractivity contribution is 5.74. The molecule has 0 aliphatic carbocycles. The van der Waals surface area contributed by atoms with Crippen LogP contribution in [0.15, 0.2) is 18.2 Å². The molecule has 5 nitrogen and oxygen atoms in total. The highest BCUT2D eigenvalue weighted by Gasteiger charge is 2.20. The van der Waals surface area contributed by atoms with E-state index in [1.54, 1.807) is 0 Å². The molecule has 2 aliphatic heterocycles. The first-order valence-electron chi connectivity index (χ1n) is 9.26. The van der Waals surface area contributed by atoms with E-state index >= 15 is 0 Å². The Hall–Kier alpha value is -1.75. The van der Waals surface area contributed by atoms with Gasteiger partial charge in [-0.1, -0.05) is 19.4 Å². The molecule has 0 saturated carbocycles. The third-order valence-corrected chi connectivity index (χ3v) is 4.77. The maximum absolute atomic E-state index is 12.3. The third kappa shape index (κ3) is 4.41. The van der Waals surface area contributed by atoms with E-state index in [9.17, 15) is 4.79 Å². The van der Waals surface area contributed by atoms with Crippen LogP contribution in [-0.4, -0.2) is 48.6 Å². The molecular formula is C19H29N3O2. The summed E-state index contributed by atoms with van der Waals surface area (Å²) in [6.45, 7) is 7.97. The van der Waals surface area contributed by atoms with Gasteiger partial charge in [0.15, 0.2) is 0 Å². The zero-order chi connectivity index (χ0) is 16.8. The van der Waals surface area contributed by atoms with Crippen molar-refractivity contribution in [3.05, 3.63) is 29.3 Å². The summed E-state index contributed by atoms with van der Waals surface area (Å²) >= 11 is 0. The number of carbonyl (C=O) groups excluding carboxylic acids is 1.